The summed E-state index contributed by atoms with van der Waals surface area (Å²) in [4.78, 5) is 0. The third kappa shape index (κ3) is 3.66. The summed E-state index contributed by atoms with van der Waals surface area (Å²) in [5.74, 6) is 1.22. The van der Waals surface area contributed by atoms with Gasteiger partial charge in [-0.1, -0.05) is 6.07 Å². The number of alkyl halides is 2. The maximum absolute atomic E-state index is 11.9. The van der Waals surface area contributed by atoms with Gasteiger partial charge in [0, 0.05) is 6.54 Å². The van der Waals surface area contributed by atoms with Crippen LogP contribution in [0.4, 0.5) is 8.78 Å². The summed E-state index contributed by atoms with van der Waals surface area (Å²) in [6.45, 7) is 0.0685. The minimum absolute atomic E-state index is 0.311. The maximum atomic E-state index is 11.9. The predicted molar refractivity (Wildman–Crippen MR) is 57.3 cm³/mol. The molecule has 0 fully saturated rings. The lowest BCUT2D eigenvalue weighted by Gasteiger charge is -2.10. The van der Waals surface area contributed by atoms with E-state index in [9.17, 15) is 8.78 Å². The van der Waals surface area contributed by atoms with Crippen molar-refractivity contribution in [2.75, 3.05) is 20.8 Å². The van der Waals surface area contributed by atoms with Crippen LogP contribution < -0.4 is 14.8 Å². The van der Waals surface area contributed by atoms with Gasteiger partial charge in [0.2, 0.25) is 0 Å². The highest BCUT2D eigenvalue weighted by Crippen LogP contribution is 2.27. The average Bonchev–Trinajstić information content (AvgIpc) is 2.28. The Morgan fingerprint density at radius 3 is 2.44 bits per heavy atom. The Morgan fingerprint density at radius 1 is 1.19 bits per heavy atom. The molecule has 1 aromatic carbocycles. The van der Waals surface area contributed by atoms with Gasteiger partial charge in [0.25, 0.3) is 6.43 Å². The van der Waals surface area contributed by atoms with Crippen molar-refractivity contribution in [3.8, 4) is 11.5 Å². The van der Waals surface area contributed by atoms with Gasteiger partial charge in [-0.05, 0) is 17.7 Å². The largest absolute Gasteiger partial charge is 0.493 e. The lowest BCUT2D eigenvalue weighted by atomic mass is 10.2. The molecule has 5 heteroatoms. The molecule has 3 nitrogen and oxygen atoms in total. The topological polar surface area (TPSA) is 30.5 Å². The predicted octanol–water partition coefficient (Wildman–Crippen LogP) is 2.06. The smallest absolute Gasteiger partial charge is 0.250 e. The Hall–Kier alpha value is -1.36. The van der Waals surface area contributed by atoms with Gasteiger partial charge in [0.1, 0.15) is 0 Å². The van der Waals surface area contributed by atoms with E-state index in [0.717, 1.165) is 5.56 Å². The molecule has 1 rings (SSSR count). The number of ether oxygens (including phenoxy) is 2. The van der Waals surface area contributed by atoms with Crippen molar-refractivity contribution in [2.45, 2.75) is 13.0 Å². The zero-order valence-corrected chi connectivity index (χ0v) is 9.30. The molecule has 0 aliphatic heterocycles. The van der Waals surface area contributed by atoms with Crippen LogP contribution >= 0.6 is 0 Å². The van der Waals surface area contributed by atoms with Crippen LogP contribution in [0.2, 0.25) is 0 Å². The van der Waals surface area contributed by atoms with Crippen molar-refractivity contribution in [3.63, 3.8) is 0 Å². The third-order valence-electron chi connectivity index (χ3n) is 2.08. The molecular weight excluding hydrogens is 216 g/mol. The summed E-state index contributed by atoms with van der Waals surface area (Å²) in [5, 5.41) is 2.64. The number of hydrogen-bond acceptors (Lipinski definition) is 3. The molecule has 0 saturated carbocycles. The number of benzene rings is 1. The lowest BCUT2D eigenvalue weighted by molar-refractivity contribution is 0.145. The zero-order valence-electron chi connectivity index (χ0n) is 9.30. The molecule has 0 heterocycles. The molecule has 0 aromatic heterocycles. The van der Waals surface area contributed by atoms with Crippen LogP contribution in [0.25, 0.3) is 0 Å². The van der Waals surface area contributed by atoms with Crippen LogP contribution in [0.3, 0.4) is 0 Å². The fourth-order valence-corrected chi connectivity index (χ4v) is 1.32. The summed E-state index contributed by atoms with van der Waals surface area (Å²) in [6.07, 6.45) is -2.33. The molecule has 0 atom stereocenters. The Balaban J connectivity index is 2.60. The fourth-order valence-electron chi connectivity index (χ4n) is 1.32. The Bertz CT molecular complexity index is 332. The van der Waals surface area contributed by atoms with Crippen molar-refractivity contribution in [2.24, 2.45) is 0 Å². The first-order valence-corrected chi connectivity index (χ1v) is 4.87. The molecular formula is C11H15F2NO2. The number of rotatable bonds is 6. The first-order chi connectivity index (χ1) is 7.67. The van der Waals surface area contributed by atoms with Crippen LogP contribution in [0.1, 0.15) is 5.56 Å². The van der Waals surface area contributed by atoms with E-state index in [4.69, 9.17) is 9.47 Å². The van der Waals surface area contributed by atoms with Crippen molar-refractivity contribution in [3.05, 3.63) is 23.8 Å². The fraction of sp³-hybridized carbons (Fsp3) is 0.455. The highest BCUT2D eigenvalue weighted by molar-refractivity contribution is 5.42. The molecule has 0 radical (unpaired) electrons. The van der Waals surface area contributed by atoms with Crippen molar-refractivity contribution >= 4 is 0 Å². The number of hydrogen-bond donors (Lipinski definition) is 1. The number of nitrogens with one attached hydrogen (secondary N) is 1. The van der Waals surface area contributed by atoms with Crippen LogP contribution in [0.15, 0.2) is 18.2 Å². The van der Waals surface area contributed by atoms with Crippen LogP contribution in [0.5, 0.6) is 11.5 Å². The van der Waals surface area contributed by atoms with E-state index in [2.05, 4.69) is 5.32 Å². The highest BCUT2D eigenvalue weighted by Gasteiger charge is 2.05. The summed E-state index contributed by atoms with van der Waals surface area (Å²) >= 11 is 0. The average molecular weight is 231 g/mol. The summed E-state index contributed by atoms with van der Waals surface area (Å²) in [7, 11) is 3.08. The molecule has 16 heavy (non-hydrogen) atoms. The molecule has 1 N–H and O–H groups in total. The molecule has 0 spiro atoms. The van der Waals surface area contributed by atoms with Crippen LogP contribution in [-0.2, 0) is 6.54 Å². The summed E-state index contributed by atoms with van der Waals surface area (Å²) in [6, 6.07) is 5.31. The first kappa shape index (κ1) is 12.7. The zero-order chi connectivity index (χ0) is 12.0. The Labute approximate surface area is 93.4 Å². The molecule has 0 aliphatic rings. The van der Waals surface area contributed by atoms with Gasteiger partial charge in [0.05, 0.1) is 20.8 Å². The Morgan fingerprint density at radius 2 is 1.88 bits per heavy atom. The van der Waals surface area contributed by atoms with E-state index < -0.39 is 6.43 Å². The van der Waals surface area contributed by atoms with E-state index >= 15 is 0 Å². The third-order valence-corrected chi connectivity index (χ3v) is 2.08. The summed E-state index contributed by atoms with van der Waals surface area (Å²) in [5.41, 5.74) is 0.873. The monoisotopic (exact) mass is 231 g/mol. The molecule has 90 valence electrons. The molecule has 0 bridgehead atoms. The molecule has 0 unspecified atom stereocenters. The second kappa shape index (κ2) is 6.27. The lowest BCUT2D eigenvalue weighted by Crippen LogP contribution is -2.20. The maximum Gasteiger partial charge on any atom is 0.250 e. The van der Waals surface area contributed by atoms with Crippen molar-refractivity contribution < 1.29 is 18.3 Å². The number of methoxy groups -OCH3 is 2. The van der Waals surface area contributed by atoms with Gasteiger partial charge in [-0.15, -0.1) is 0 Å². The molecule has 0 saturated heterocycles. The van der Waals surface area contributed by atoms with E-state index in [0.29, 0.717) is 18.0 Å². The van der Waals surface area contributed by atoms with Gasteiger partial charge >= 0.3 is 0 Å². The van der Waals surface area contributed by atoms with E-state index in [1.165, 1.54) is 7.11 Å². The van der Waals surface area contributed by atoms with Crippen LogP contribution in [0, 0.1) is 0 Å². The van der Waals surface area contributed by atoms with E-state index in [1.54, 1.807) is 25.3 Å². The molecule has 1 aromatic rings. The number of halogens is 2. The van der Waals surface area contributed by atoms with Crippen molar-refractivity contribution in [1.82, 2.24) is 5.32 Å². The van der Waals surface area contributed by atoms with Gasteiger partial charge in [-0.2, -0.15) is 0 Å². The second-order valence-corrected chi connectivity index (χ2v) is 3.21. The van der Waals surface area contributed by atoms with Crippen molar-refractivity contribution in [1.29, 1.82) is 0 Å². The van der Waals surface area contributed by atoms with Gasteiger partial charge in [0.15, 0.2) is 11.5 Å². The normalized spacial score (nSPS) is 10.6. The van der Waals surface area contributed by atoms with E-state index in [-0.39, 0.29) is 6.54 Å². The highest BCUT2D eigenvalue weighted by atomic mass is 19.3. The minimum Gasteiger partial charge on any atom is -0.493 e. The first-order valence-electron chi connectivity index (χ1n) is 4.87. The molecule has 0 amide bonds. The SMILES string of the molecule is COc1ccc(CNCC(F)F)cc1OC. The van der Waals surface area contributed by atoms with Gasteiger partial charge < -0.3 is 14.8 Å². The standard InChI is InChI=1S/C11H15F2NO2/c1-15-9-4-3-8(5-10(9)16-2)6-14-7-11(12)13/h3-5,11,14H,6-7H2,1-2H3. The quantitative estimate of drug-likeness (QED) is 0.812. The Kier molecular flexibility index (Phi) is 4.98. The summed E-state index contributed by atoms with van der Waals surface area (Å²) < 4.78 is 34.0. The van der Waals surface area contributed by atoms with Gasteiger partial charge in [-0.25, -0.2) is 8.78 Å². The second-order valence-electron chi connectivity index (χ2n) is 3.21. The van der Waals surface area contributed by atoms with Gasteiger partial charge in [-0.3, -0.25) is 0 Å². The molecule has 0 aliphatic carbocycles. The minimum atomic E-state index is -2.33. The van der Waals surface area contributed by atoms with E-state index in [1.807, 2.05) is 0 Å². The van der Waals surface area contributed by atoms with Crippen LogP contribution in [-0.4, -0.2) is 27.2 Å².